The van der Waals surface area contributed by atoms with E-state index < -0.39 is 9.85 Å². The van der Waals surface area contributed by atoms with E-state index in [2.05, 4.69) is 10.3 Å². The van der Waals surface area contributed by atoms with Gasteiger partial charge in [-0.1, -0.05) is 0 Å². The Morgan fingerprint density at radius 2 is 2.00 bits per heavy atom. The molecule has 1 N–H and O–H groups in total. The standard InChI is InChI=1S/C9H6N4O4S/c14-12(15)6-1-2-7(8(5-6)13(16)17)11-9-10-3-4-18-9/h1-5H,(H,10,11). The minimum atomic E-state index is -0.680. The SMILES string of the molecule is O=[N+]([O-])c1ccc(Nc2nccs2)c([N+](=O)[O-])c1. The number of nitrogens with one attached hydrogen (secondary N) is 1. The Balaban J connectivity index is 2.40. The fourth-order valence-corrected chi connectivity index (χ4v) is 1.83. The Kier molecular flexibility index (Phi) is 3.15. The molecule has 0 radical (unpaired) electrons. The summed E-state index contributed by atoms with van der Waals surface area (Å²) >= 11 is 1.27. The van der Waals surface area contributed by atoms with Gasteiger partial charge < -0.3 is 5.32 Å². The van der Waals surface area contributed by atoms with Gasteiger partial charge in [-0.3, -0.25) is 20.2 Å². The van der Waals surface area contributed by atoms with Crippen LogP contribution in [0.5, 0.6) is 0 Å². The molecule has 2 rings (SSSR count). The van der Waals surface area contributed by atoms with Gasteiger partial charge in [-0.2, -0.15) is 0 Å². The lowest BCUT2D eigenvalue weighted by Gasteiger charge is -2.03. The number of hydrogen-bond acceptors (Lipinski definition) is 7. The van der Waals surface area contributed by atoms with Crippen LogP contribution in [-0.2, 0) is 0 Å². The number of rotatable bonds is 4. The second kappa shape index (κ2) is 4.75. The third kappa shape index (κ3) is 2.40. The van der Waals surface area contributed by atoms with Crippen LogP contribution in [0.25, 0.3) is 0 Å². The number of anilines is 2. The van der Waals surface area contributed by atoms with Crippen LogP contribution in [0.4, 0.5) is 22.2 Å². The molecule has 1 aromatic heterocycles. The monoisotopic (exact) mass is 266 g/mol. The minimum Gasteiger partial charge on any atom is -0.326 e. The van der Waals surface area contributed by atoms with Gasteiger partial charge in [0, 0.05) is 17.6 Å². The lowest BCUT2D eigenvalue weighted by Crippen LogP contribution is -1.98. The van der Waals surface area contributed by atoms with E-state index in [0.717, 1.165) is 6.07 Å². The Morgan fingerprint density at radius 1 is 1.22 bits per heavy atom. The van der Waals surface area contributed by atoms with Crippen LogP contribution < -0.4 is 5.32 Å². The quantitative estimate of drug-likeness (QED) is 0.672. The van der Waals surface area contributed by atoms with Crippen LogP contribution in [0.3, 0.4) is 0 Å². The van der Waals surface area contributed by atoms with E-state index in [1.54, 1.807) is 11.6 Å². The van der Waals surface area contributed by atoms with Crippen LogP contribution in [0.1, 0.15) is 0 Å². The first kappa shape index (κ1) is 11.9. The zero-order chi connectivity index (χ0) is 13.1. The molecule has 2 aromatic rings. The molecular weight excluding hydrogens is 260 g/mol. The first-order valence-corrected chi connectivity index (χ1v) is 5.55. The van der Waals surface area contributed by atoms with Crippen molar-refractivity contribution in [1.29, 1.82) is 0 Å². The zero-order valence-electron chi connectivity index (χ0n) is 8.77. The molecule has 9 heteroatoms. The van der Waals surface area contributed by atoms with Crippen LogP contribution >= 0.6 is 11.3 Å². The smallest absolute Gasteiger partial charge is 0.299 e. The molecule has 0 saturated carbocycles. The molecule has 0 aliphatic carbocycles. The number of non-ortho nitro benzene ring substituents is 1. The van der Waals surface area contributed by atoms with Gasteiger partial charge in [-0.15, -0.1) is 11.3 Å². The third-order valence-electron chi connectivity index (χ3n) is 2.06. The zero-order valence-corrected chi connectivity index (χ0v) is 9.59. The van der Waals surface area contributed by atoms with Crippen molar-refractivity contribution >= 4 is 33.5 Å². The minimum absolute atomic E-state index is 0.167. The van der Waals surface area contributed by atoms with Crippen LogP contribution in [0.2, 0.25) is 0 Å². The Bertz CT molecular complexity index is 599. The second-order valence-corrected chi connectivity index (χ2v) is 4.07. The molecular formula is C9H6N4O4S. The van der Waals surface area contributed by atoms with Gasteiger partial charge in [0.2, 0.25) is 0 Å². The fourth-order valence-electron chi connectivity index (χ4n) is 1.29. The van der Waals surface area contributed by atoms with Gasteiger partial charge in [0.1, 0.15) is 5.69 Å². The van der Waals surface area contributed by atoms with E-state index in [9.17, 15) is 20.2 Å². The van der Waals surface area contributed by atoms with Gasteiger partial charge in [-0.25, -0.2) is 4.98 Å². The number of nitro groups is 2. The number of hydrogen-bond donors (Lipinski definition) is 1. The molecule has 0 bridgehead atoms. The average molecular weight is 266 g/mol. The van der Waals surface area contributed by atoms with E-state index in [1.165, 1.54) is 23.5 Å². The van der Waals surface area contributed by atoms with Crippen molar-refractivity contribution in [3.8, 4) is 0 Å². The molecule has 8 nitrogen and oxygen atoms in total. The maximum Gasteiger partial charge on any atom is 0.299 e. The van der Waals surface area contributed by atoms with Crippen molar-refractivity contribution in [3.05, 3.63) is 50.0 Å². The van der Waals surface area contributed by atoms with E-state index in [-0.39, 0.29) is 17.1 Å². The van der Waals surface area contributed by atoms with Gasteiger partial charge in [0.05, 0.1) is 15.9 Å². The van der Waals surface area contributed by atoms with Crippen molar-refractivity contribution in [1.82, 2.24) is 4.98 Å². The van der Waals surface area contributed by atoms with E-state index >= 15 is 0 Å². The molecule has 0 fully saturated rings. The number of benzene rings is 1. The number of thiazole rings is 1. The highest BCUT2D eigenvalue weighted by atomic mass is 32.1. The molecule has 0 aliphatic heterocycles. The number of nitrogens with zero attached hydrogens (tertiary/aromatic N) is 3. The Morgan fingerprint density at radius 3 is 2.56 bits per heavy atom. The van der Waals surface area contributed by atoms with Crippen molar-refractivity contribution < 1.29 is 9.85 Å². The summed E-state index contributed by atoms with van der Waals surface area (Å²) in [5, 5.41) is 26.3. The van der Waals surface area contributed by atoms with E-state index in [1.807, 2.05) is 0 Å². The van der Waals surface area contributed by atoms with Crippen molar-refractivity contribution in [2.24, 2.45) is 0 Å². The molecule has 1 heterocycles. The molecule has 0 atom stereocenters. The van der Waals surface area contributed by atoms with E-state index in [0.29, 0.717) is 5.13 Å². The molecule has 0 saturated heterocycles. The van der Waals surface area contributed by atoms with Gasteiger partial charge >= 0.3 is 0 Å². The maximum absolute atomic E-state index is 10.9. The number of nitro benzene ring substituents is 2. The molecule has 0 amide bonds. The molecule has 18 heavy (non-hydrogen) atoms. The Labute approximate surface area is 104 Å². The molecule has 92 valence electrons. The van der Waals surface area contributed by atoms with Gasteiger partial charge in [-0.05, 0) is 6.07 Å². The summed E-state index contributed by atoms with van der Waals surface area (Å²) in [4.78, 5) is 24.0. The van der Waals surface area contributed by atoms with Crippen LogP contribution in [0, 0.1) is 20.2 Å². The lowest BCUT2D eigenvalue weighted by atomic mass is 10.2. The topological polar surface area (TPSA) is 111 Å². The van der Waals surface area contributed by atoms with Crippen molar-refractivity contribution in [2.75, 3.05) is 5.32 Å². The molecule has 0 unspecified atom stereocenters. The summed E-state index contributed by atoms with van der Waals surface area (Å²) in [5.41, 5.74) is -0.522. The molecule has 0 spiro atoms. The fraction of sp³-hybridized carbons (Fsp3) is 0. The summed E-state index contributed by atoms with van der Waals surface area (Å²) < 4.78 is 0. The predicted molar refractivity (Wildman–Crippen MR) is 65.1 cm³/mol. The highest BCUT2D eigenvalue weighted by molar-refractivity contribution is 7.13. The highest BCUT2D eigenvalue weighted by Crippen LogP contribution is 2.31. The lowest BCUT2D eigenvalue weighted by molar-refractivity contribution is -0.393. The normalized spacial score (nSPS) is 10.0. The second-order valence-electron chi connectivity index (χ2n) is 3.18. The average Bonchev–Trinajstić information content (AvgIpc) is 2.81. The number of aromatic nitrogens is 1. The summed E-state index contributed by atoms with van der Waals surface area (Å²) in [6, 6.07) is 3.40. The van der Waals surface area contributed by atoms with Crippen molar-refractivity contribution in [3.63, 3.8) is 0 Å². The largest absolute Gasteiger partial charge is 0.326 e. The summed E-state index contributed by atoms with van der Waals surface area (Å²) in [5.74, 6) is 0. The summed E-state index contributed by atoms with van der Waals surface area (Å²) in [6.07, 6.45) is 1.55. The van der Waals surface area contributed by atoms with Crippen LogP contribution in [0.15, 0.2) is 29.8 Å². The maximum atomic E-state index is 10.9. The third-order valence-corrected chi connectivity index (χ3v) is 2.75. The molecule has 0 aliphatic rings. The van der Waals surface area contributed by atoms with Crippen molar-refractivity contribution in [2.45, 2.75) is 0 Å². The van der Waals surface area contributed by atoms with Crippen LogP contribution in [-0.4, -0.2) is 14.8 Å². The summed E-state index contributed by atoms with van der Waals surface area (Å²) in [7, 11) is 0. The van der Waals surface area contributed by atoms with E-state index in [4.69, 9.17) is 0 Å². The first-order valence-electron chi connectivity index (χ1n) is 4.67. The van der Waals surface area contributed by atoms with Gasteiger partial charge in [0.15, 0.2) is 5.13 Å². The first-order chi connectivity index (χ1) is 8.58. The highest BCUT2D eigenvalue weighted by Gasteiger charge is 2.19. The van der Waals surface area contributed by atoms with Gasteiger partial charge in [0.25, 0.3) is 11.4 Å². The summed E-state index contributed by atoms with van der Waals surface area (Å²) in [6.45, 7) is 0. The Hall–Kier alpha value is -2.55. The molecule has 1 aromatic carbocycles. The predicted octanol–water partition coefficient (Wildman–Crippen LogP) is 2.70.